The molecule has 0 aliphatic carbocycles. The highest BCUT2D eigenvalue weighted by atomic mass is 35.5. The zero-order valence-electron chi connectivity index (χ0n) is 17.2. The normalized spacial score (nSPS) is 14.0. The van der Waals surface area contributed by atoms with Crippen LogP contribution in [0.1, 0.15) is 12.0 Å². The number of methoxy groups -OCH3 is 1. The number of benzene rings is 3. The van der Waals surface area contributed by atoms with Gasteiger partial charge in [-0.2, -0.15) is 0 Å². The summed E-state index contributed by atoms with van der Waals surface area (Å²) in [6, 6.07) is 17.4. The highest BCUT2D eigenvalue weighted by Crippen LogP contribution is 2.35. The van der Waals surface area contributed by atoms with Crippen LogP contribution in [0.2, 0.25) is 5.02 Å². The standard InChI is InChI=1S/C22H21ClN2O5S2/c1-30-21-12-10-17(23)14-22(21)31(26,27)24-18-11-9-16-6-5-13-25(20(16)15-18)32(28,29)19-7-3-2-4-8-19/h2-4,7-12,14-15,24H,5-6,13H2,1H3. The Morgan fingerprint density at radius 1 is 0.969 bits per heavy atom. The van der Waals surface area contributed by atoms with Crippen LogP contribution in [0.4, 0.5) is 11.4 Å². The van der Waals surface area contributed by atoms with Gasteiger partial charge >= 0.3 is 0 Å². The summed E-state index contributed by atoms with van der Waals surface area (Å²) < 4.78 is 61.5. The summed E-state index contributed by atoms with van der Waals surface area (Å²) >= 11 is 5.98. The first-order valence-electron chi connectivity index (χ1n) is 9.79. The van der Waals surface area contributed by atoms with E-state index in [-0.39, 0.29) is 26.3 Å². The topological polar surface area (TPSA) is 92.8 Å². The molecule has 0 spiro atoms. The molecule has 0 saturated heterocycles. The molecule has 3 aromatic carbocycles. The summed E-state index contributed by atoms with van der Waals surface area (Å²) in [5.74, 6) is 0.146. The lowest BCUT2D eigenvalue weighted by atomic mass is 10.0. The molecule has 0 unspecified atom stereocenters. The van der Waals surface area contributed by atoms with Crippen molar-refractivity contribution < 1.29 is 21.6 Å². The molecule has 1 aliphatic heterocycles. The first-order valence-corrected chi connectivity index (χ1v) is 13.1. The second-order valence-corrected chi connectivity index (χ2v) is 11.2. The lowest BCUT2D eigenvalue weighted by molar-refractivity contribution is 0.403. The maximum absolute atomic E-state index is 13.2. The van der Waals surface area contributed by atoms with E-state index in [9.17, 15) is 16.8 Å². The number of halogens is 1. The molecule has 0 saturated carbocycles. The van der Waals surface area contributed by atoms with Crippen LogP contribution in [0.3, 0.4) is 0 Å². The van der Waals surface area contributed by atoms with E-state index in [1.54, 1.807) is 48.5 Å². The molecular weight excluding hydrogens is 472 g/mol. The van der Waals surface area contributed by atoms with Gasteiger partial charge in [-0.25, -0.2) is 16.8 Å². The van der Waals surface area contributed by atoms with E-state index in [1.807, 2.05) is 0 Å². The molecule has 1 heterocycles. The van der Waals surface area contributed by atoms with Gasteiger partial charge in [-0.3, -0.25) is 9.03 Å². The average Bonchev–Trinajstić information content (AvgIpc) is 2.79. The molecule has 10 heteroatoms. The average molecular weight is 493 g/mol. The summed E-state index contributed by atoms with van der Waals surface area (Å²) in [6.07, 6.45) is 1.37. The van der Waals surface area contributed by atoms with Gasteiger partial charge in [-0.15, -0.1) is 0 Å². The number of aryl methyl sites for hydroxylation is 1. The molecule has 0 bridgehead atoms. The molecule has 0 radical (unpaired) electrons. The Balaban J connectivity index is 1.73. The fraction of sp³-hybridized carbons (Fsp3) is 0.182. The maximum Gasteiger partial charge on any atom is 0.265 e. The Morgan fingerprint density at radius 3 is 2.44 bits per heavy atom. The Morgan fingerprint density at radius 2 is 1.72 bits per heavy atom. The number of hydrogen-bond acceptors (Lipinski definition) is 5. The lowest BCUT2D eigenvalue weighted by Crippen LogP contribution is -2.35. The number of nitrogens with zero attached hydrogens (tertiary/aromatic N) is 1. The van der Waals surface area contributed by atoms with Gasteiger partial charge in [0.25, 0.3) is 20.0 Å². The molecular formula is C22H21ClN2O5S2. The van der Waals surface area contributed by atoms with Gasteiger partial charge in [-0.05, 0) is 60.9 Å². The van der Waals surface area contributed by atoms with Crippen LogP contribution in [0.15, 0.2) is 76.5 Å². The SMILES string of the molecule is COc1ccc(Cl)cc1S(=O)(=O)Nc1ccc2c(c1)N(S(=O)(=O)c1ccccc1)CCC2. The van der Waals surface area contributed by atoms with Crippen LogP contribution in [0.25, 0.3) is 0 Å². The second kappa shape index (κ2) is 8.65. The summed E-state index contributed by atoms with van der Waals surface area (Å²) in [5, 5.41) is 0.247. The zero-order valence-corrected chi connectivity index (χ0v) is 19.5. The molecule has 168 valence electrons. The summed E-state index contributed by atoms with van der Waals surface area (Å²) in [7, 11) is -6.45. The number of rotatable bonds is 6. The number of anilines is 2. The van der Waals surface area contributed by atoms with E-state index >= 15 is 0 Å². The van der Waals surface area contributed by atoms with Gasteiger partial charge in [0, 0.05) is 11.6 Å². The number of hydrogen-bond donors (Lipinski definition) is 1. The minimum absolute atomic E-state index is 0.112. The molecule has 32 heavy (non-hydrogen) atoms. The fourth-order valence-corrected chi connectivity index (χ4v) is 6.68. The van der Waals surface area contributed by atoms with Crippen molar-refractivity contribution in [1.82, 2.24) is 0 Å². The summed E-state index contributed by atoms with van der Waals surface area (Å²) in [5.41, 5.74) is 1.53. The molecule has 1 N–H and O–H groups in total. The van der Waals surface area contributed by atoms with Crippen molar-refractivity contribution >= 4 is 43.0 Å². The van der Waals surface area contributed by atoms with Gasteiger partial charge in [0.1, 0.15) is 10.6 Å². The van der Waals surface area contributed by atoms with Crippen molar-refractivity contribution in [1.29, 1.82) is 0 Å². The van der Waals surface area contributed by atoms with Gasteiger partial charge in [0.15, 0.2) is 0 Å². The fourth-order valence-electron chi connectivity index (χ4n) is 3.64. The first kappa shape index (κ1) is 22.4. The van der Waals surface area contributed by atoms with Crippen LogP contribution in [-0.2, 0) is 26.5 Å². The predicted molar refractivity (Wildman–Crippen MR) is 125 cm³/mol. The van der Waals surface area contributed by atoms with E-state index in [2.05, 4.69) is 4.72 Å². The lowest BCUT2D eigenvalue weighted by Gasteiger charge is -2.31. The number of sulfonamides is 2. The van der Waals surface area contributed by atoms with Gasteiger partial charge in [-0.1, -0.05) is 35.9 Å². The van der Waals surface area contributed by atoms with Crippen LogP contribution < -0.4 is 13.8 Å². The minimum atomic E-state index is -4.04. The highest BCUT2D eigenvalue weighted by Gasteiger charge is 2.30. The van der Waals surface area contributed by atoms with E-state index in [0.717, 1.165) is 5.56 Å². The summed E-state index contributed by atoms with van der Waals surface area (Å²) in [4.78, 5) is 0.0708. The Bertz CT molecular complexity index is 1360. The molecule has 0 amide bonds. The number of nitrogens with one attached hydrogen (secondary N) is 1. The van der Waals surface area contributed by atoms with E-state index in [0.29, 0.717) is 25.1 Å². The van der Waals surface area contributed by atoms with E-state index in [1.165, 1.54) is 29.6 Å². The maximum atomic E-state index is 13.2. The Labute approximate surface area is 192 Å². The van der Waals surface area contributed by atoms with Crippen LogP contribution in [-0.4, -0.2) is 30.5 Å². The number of ether oxygens (including phenoxy) is 1. The highest BCUT2D eigenvalue weighted by molar-refractivity contribution is 7.93. The van der Waals surface area contributed by atoms with Crippen LogP contribution in [0, 0.1) is 0 Å². The third-order valence-corrected chi connectivity index (χ3v) is 8.62. The van der Waals surface area contributed by atoms with Crippen molar-refractivity contribution in [3.05, 3.63) is 77.3 Å². The largest absolute Gasteiger partial charge is 0.495 e. The Hall–Kier alpha value is -2.75. The van der Waals surface area contributed by atoms with Crippen molar-refractivity contribution in [2.45, 2.75) is 22.6 Å². The molecule has 0 aromatic heterocycles. The van der Waals surface area contributed by atoms with Crippen molar-refractivity contribution in [2.75, 3.05) is 22.7 Å². The summed E-state index contributed by atoms with van der Waals surface area (Å²) in [6.45, 7) is 0.308. The third-order valence-electron chi connectivity index (χ3n) is 5.16. The van der Waals surface area contributed by atoms with Gasteiger partial charge < -0.3 is 4.74 Å². The second-order valence-electron chi connectivity index (χ2n) is 7.24. The van der Waals surface area contributed by atoms with Crippen molar-refractivity contribution in [3.63, 3.8) is 0 Å². The minimum Gasteiger partial charge on any atom is -0.495 e. The monoisotopic (exact) mass is 492 g/mol. The van der Waals surface area contributed by atoms with Crippen molar-refractivity contribution in [2.24, 2.45) is 0 Å². The van der Waals surface area contributed by atoms with E-state index in [4.69, 9.17) is 16.3 Å². The molecule has 3 aromatic rings. The zero-order chi connectivity index (χ0) is 22.9. The molecule has 1 aliphatic rings. The predicted octanol–water partition coefficient (Wildman–Crippen LogP) is 4.29. The number of fused-ring (bicyclic) bond motifs is 1. The van der Waals surface area contributed by atoms with Crippen LogP contribution >= 0.6 is 11.6 Å². The molecule has 7 nitrogen and oxygen atoms in total. The van der Waals surface area contributed by atoms with Crippen LogP contribution in [0.5, 0.6) is 5.75 Å². The third kappa shape index (κ3) is 4.28. The molecule has 0 atom stereocenters. The van der Waals surface area contributed by atoms with Gasteiger partial charge in [0.05, 0.1) is 23.4 Å². The molecule has 4 rings (SSSR count). The first-order chi connectivity index (χ1) is 15.2. The molecule has 0 fully saturated rings. The quantitative estimate of drug-likeness (QED) is 0.554. The smallest absolute Gasteiger partial charge is 0.265 e. The van der Waals surface area contributed by atoms with E-state index < -0.39 is 20.0 Å². The van der Waals surface area contributed by atoms with Gasteiger partial charge in [0.2, 0.25) is 0 Å². The Kier molecular flexibility index (Phi) is 6.07. The van der Waals surface area contributed by atoms with Crippen molar-refractivity contribution in [3.8, 4) is 5.75 Å².